The molecule has 114 valence electrons. The number of nitrogens with zero attached hydrogens (tertiary/aromatic N) is 1. The van der Waals surface area contributed by atoms with Crippen LogP contribution >= 0.6 is 0 Å². The summed E-state index contributed by atoms with van der Waals surface area (Å²) in [5.74, 6) is -0.994. The first-order valence-electron chi connectivity index (χ1n) is 7.34. The monoisotopic (exact) mass is 284 g/mol. The average molecular weight is 284 g/mol. The minimum atomic E-state index is -0.906. The predicted molar refractivity (Wildman–Crippen MR) is 73.4 cm³/mol. The van der Waals surface area contributed by atoms with Crippen LogP contribution in [-0.4, -0.2) is 54.4 Å². The summed E-state index contributed by atoms with van der Waals surface area (Å²) in [6.07, 6.45) is 4.79. The maximum Gasteiger partial charge on any atom is 0.317 e. The molecule has 0 radical (unpaired) electrons. The lowest BCUT2D eigenvalue weighted by molar-refractivity contribution is -0.142. The Kier molecular flexibility index (Phi) is 4.86. The van der Waals surface area contributed by atoms with Gasteiger partial charge in [-0.15, -0.1) is 0 Å². The van der Waals surface area contributed by atoms with Gasteiger partial charge in [0.15, 0.2) is 0 Å². The molecule has 0 aromatic heterocycles. The highest BCUT2D eigenvalue weighted by atomic mass is 16.5. The number of carbonyl (C=O) groups excluding carboxylic acids is 1. The van der Waals surface area contributed by atoms with Gasteiger partial charge in [0.25, 0.3) is 0 Å². The molecule has 1 saturated carbocycles. The highest BCUT2D eigenvalue weighted by Crippen LogP contribution is 2.27. The molecule has 0 spiro atoms. The lowest BCUT2D eigenvalue weighted by Gasteiger charge is -2.29. The van der Waals surface area contributed by atoms with Crippen LogP contribution in [0.3, 0.4) is 0 Å². The second-order valence-electron chi connectivity index (χ2n) is 5.94. The molecule has 1 heterocycles. The summed E-state index contributed by atoms with van der Waals surface area (Å²) in [5, 5.41) is 12.1. The van der Waals surface area contributed by atoms with Gasteiger partial charge in [0.1, 0.15) is 5.92 Å². The Bertz CT molecular complexity index is 368. The first kappa shape index (κ1) is 15.1. The maximum absolute atomic E-state index is 12.2. The minimum absolute atomic E-state index is 0.137. The van der Waals surface area contributed by atoms with Crippen molar-refractivity contribution in [1.82, 2.24) is 10.2 Å². The molecule has 0 aromatic rings. The lowest BCUT2D eigenvalue weighted by atomic mass is 10.00. The SMILES string of the molecule is CC(NC(=O)N(C)C1COCC1C(=O)O)C1CCCC1. The van der Waals surface area contributed by atoms with Gasteiger partial charge < -0.3 is 20.1 Å². The fourth-order valence-corrected chi connectivity index (χ4v) is 3.18. The van der Waals surface area contributed by atoms with Crippen molar-refractivity contribution in [3.63, 3.8) is 0 Å². The standard InChI is InChI=1S/C14H24N2O4/c1-9(10-5-3-4-6-10)15-14(19)16(2)12-8-20-7-11(12)13(17)18/h9-12H,3-8H2,1-2H3,(H,15,19)(H,17,18). The van der Waals surface area contributed by atoms with Gasteiger partial charge in [-0.1, -0.05) is 12.8 Å². The maximum atomic E-state index is 12.2. The van der Waals surface area contributed by atoms with Crippen molar-refractivity contribution in [1.29, 1.82) is 0 Å². The number of urea groups is 1. The van der Waals surface area contributed by atoms with Crippen molar-refractivity contribution in [2.75, 3.05) is 20.3 Å². The van der Waals surface area contributed by atoms with Crippen LogP contribution in [0.4, 0.5) is 4.79 Å². The van der Waals surface area contributed by atoms with E-state index in [2.05, 4.69) is 5.32 Å². The minimum Gasteiger partial charge on any atom is -0.481 e. The van der Waals surface area contributed by atoms with Gasteiger partial charge in [0.05, 0.1) is 19.3 Å². The summed E-state index contributed by atoms with van der Waals surface area (Å²) in [5.41, 5.74) is 0. The van der Waals surface area contributed by atoms with Gasteiger partial charge in [-0.3, -0.25) is 4.79 Å². The molecule has 0 aromatic carbocycles. The van der Waals surface area contributed by atoms with Crippen LogP contribution in [0.2, 0.25) is 0 Å². The van der Waals surface area contributed by atoms with Gasteiger partial charge in [0, 0.05) is 13.1 Å². The smallest absolute Gasteiger partial charge is 0.317 e. The summed E-state index contributed by atoms with van der Waals surface area (Å²) < 4.78 is 5.20. The topological polar surface area (TPSA) is 78.9 Å². The molecule has 2 N–H and O–H groups in total. The van der Waals surface area contributed by atoms with Gasteiger partial charge in [0.2, 0.25) is 0 Å². The van der Waals surface area contributed by atoms with Crippen molar-refractivity contribution >= 4 is 12.0 Å². The van der Waals surface area contributed by atoms with E-state index >= 15 is 0 Å². The van der Waals surface area contributed by atoms with E-state index in [-0.39, 0.29) is 24.7 Å². The molecule has 6 nitrogen and oxygen atoms in total. The van der Waals surface area contributed by atoms with E-state index < -0.39 is 11.9 Å². The van der Waals surface area contributed by atoms with Crippen molar-refractivity contribution < 1.29 is 19.4 Å². The molecule has 6 heteroatoms. The molecule has 1 saturated heterocycles. The van der Waals surface area contributed by atoms with E-state index in [9.17, 15) is 9.59 Å². The first-order valence-corrected chi connectivity index (χ1v) is 7.34. The summed E-state index contributed by atoms with van der Waals surface area (Å²) >= 11 is 0. The zero-order valence-corrected chi connectivity index (χ0v) is 12.2. The van der Waals surface area contributed by atoms with E-state index in [4.69, 9.17) is 9.84 Å². The van der Waals surface area contributed by atoms with Crippen LogP contribution in [0.5, 0.6) is 0 Å². The number of carbonyl (C=O) groups is 2. The fourth-order valence-electron chi connectivity index (χ4n) is 3.18. The number of rotatable bonds is 4. The van der Waals surface area contributed by atoms with E-state index in [1.165, 1.54) is 17.7 Å². The Hall–Kier alpha value is -1.30. The number of aliphatic carboxylic acids is 1. The second-order valence-corrected chi connectivity index (χ2v) is 5.94. The van der Waals surface area contributed by atoms with E-state index in [0.29, 0.717) is 12.5 Å². The molecule has 2 aliphatic rings. The summed E-state index contributed by atoms with van der Waals surface area (Å²) in [4.78, 5) is 24.8. The molecular formula is C14H24N2O4. The molecule has 0 bridgehead atoms. The number of likely N-dealkylation sites (N-methyl/N-ethyl adjacent to an activating group) is 1. The molecule has 20 heavy (non-hydrogen) atoms. The van der Waals surface area contributed by atoms with Crippen molar-refractivity contribution in [3.05, 3.63) is 0 Å². The molecule has 3 unspecified atom stereocenters. The average Bonchev–Trinajstić information content (AvgIpc) is 3.08. The van der Waals surface area contributed by atoms with E-state index in [1.807, 2.05) is 6.92 Å². The Morgan fingerprint density at radius 2 is 1.95 bits per heavy atom. The predicted octanol–water partition coefficient (Wildman–Crippen LogP) is 1.31. The molecule has 3 atom stereocenters. The van der Waals surface area contributed by atoms with Crippen molar-refractivity contribution in [2.45, 2.75) is 44.7 Å². The fraction of sp³-hybridized carbons (Fsp3) is 0.857. The zero-order valence-electron chi connectivity index (χ0n) is 12.2. The van der Waals surface area contributed by atoms with Crippen LogP contribution < -0.4 is 5.32 Å². The van der Waals surface area contributed by atoms with E-state index in [0.717, 1.165) is 12.8 Å². The molecular weight excluding hydrogens is 260 g/mol. The Morgan fingerprint density at radius 3 is 2.55 bits per heavy atom. The highest BCUT2D eigenvalue weighted by molar-refractivity contribution is 5.77. The number of hydrogen-bond acceptors (Lipinski definition) is 3. The largest absolute Gasteiger partial charge is 0.481 e. The number of hydrogen-bond donors (Lipinski definition) is 2. The van der Waals surface area contributed by atoms with E-state index in [1.54, 1.807) is 7.05 Å². The number of carboxylic acids is 1. The highest BCUT2D eigenvalue weighted by Gasteiger charge is 2.39. The number of carboxylic acid groups (broad SMARTS) is 1. The third kappa shape index (κ3) is 3.23. The van der Waals surface area contributed by atoms with Crippen LogP contribution in [-0.2, 0) is 9.53 Å². The Morgan fingerprint density at radius 1 is 1.30 bits per heavy atom. The number of ether oxygens (including phenoxy) is 1. The third-order valence-electron chi connectivity index (χ3n) is 4.64. The molecule has 1 aliphatic carbocycles. The summed E-state index contributed by atoms with van der Waals surface area (Å²) in [6.45, 7) is 2.50. The van der Waals surface area contributed by atoms with Crippen LogP contribution in [0.1, 0.15) is 32.6 Å². The third-order valence-corrected chi connectivity index (χ3v) is 4.64. The summed E-state index contributed by atoms with van der Waals surface area (Å²) in [6, 6.07) is -0.451. The summed E-state index contributed by atoms with van der Waals surface area (Å²) in [7, 11) is 1.64. The van der Waals surface area contributed by atoms with Gasteiger partial charge in [-0.25, -0.2) is 4.79 Å². The zero-order chi connectivity index (χ0) is 14.7. The quantitative estimate of drug-likeness (QED) is 0.815. The molecule has 1 aliphatic heterocycles. The van der Waals surface area contributed by atoms with Crippen molar-refractivity contribution in [3.8, 4) is 0 Å². The molecule has 2 amide bonds. The van der Waals surface area contributed by atoms with Crippen molar-refractivity contribution in [2.24, 2.45) is 11.8 Å². The molecule has 2 rings (SSSR count). The Labute approximate surface area is 119 Å². The van der Waals surface area contributed by atoms with Crippen LogP contribution in [0.25, 0.3) is 0 Å². The molecule has 2 fully saturated rings. The first-order chi connectivity index (χ1) is 9.50. The number of nitrogens with one attached hydrogen (secondary N) is 1. The van der Waals surface area contributed by atoms with Gasteiger partial charge in [-0.05, 0) is 25.7 Å². The second kappa shape index (κ2) is 6.43. The Balaban J connectivity index is 1.89. The number of amides is 2. The van der Waals surface area contributed by atoms with Gasteiger partial charge >= 0.3 is 12.0 Å². The van der Waals surface area contributed by atoms with Crippen LogP contribution in [0, 0.1) is 11.8 Å². The van der Waals surface area contributed by atoms with Gasteiger partial charge in [-0.2, -0.15) is 0 Å². The lowest BCUT2D eigenvalue weighted by Crippen LogP contribution is -2.51. The normalized spacial score (nSPS) is 28.3. The van der Waals surface area contributed by atoms with Crippen LogP contribution in [0.15, 0.2) is 0 Å².